The molecule has 2 aromatic carbocycles. The molecule has 0 bridgehead atoms. The molecule has 1 atom stereocenters. The van der Waals surface area contributed by atoms with E-state index in [0.29, 0.717) is 18.1 Å². The van der Waals surface area contributed by atoms with Crippen molar-refractivity contribution < 1.29 is 9.53 Å². The number of hydrogen-bond acceptors (Lipinski definition) is 3. The van der Waals surface area contributed by atoms with Gasteiger partial charge in [-0.05, 0) is 35.4 Å². The van der Waals surface area contributed by atoms with Crippen molar-refractivity contribution in [3.05, 3.63) is 58.6 Å². The average Bonchev–Trinajstić information content (AvgIpc) is 2.85. The van der Waals surface area contributed by atoms with Crippen LogP contribution in [0.2, 0.25) is 5.02 Å². The molecule has 1 unspecified atom stereocenters. The van der Waals surface area contributed by atoms with Crippen molar-refractivity contribution >= 4 is 23.2 Å². The molecule has 0 saturated heterocycles. The van der Waals surface area contributed by atoms with Crippen LogP contribution in [0.15, 0.2) is 42.5 Å². The van der Waals surface area contributed by atoms with Crippen LogP contribution in [0, 0.1) is 0 Å². The van der Waals surface area contributed by atoms with Gasteiger partial charge in [0.15, 0.2) is 0 Å². The predicted octanol–water partition coefficient (Wildman–Crippen LogP) is 2.91. The Balaban J connectivity index is 1.79. The highest BCUT2D eigenvalue weighted by Gasteiger charge is 2.24. The van der Waals surface area contributed by atoms with E-state index in [9.17, 15) is 4.79 Å². The summed E-state index contributed by atoms with van der Waals surface area (Å²) in [6.45, 7) is 0.312. The molecule has 0 aliphatic carbocycles. The van der Waals surface area contributed by atoms with Crippen LogP contribution in [0.1, 0.15) is 17.2 Å². The highest BCUT2D eigenvalue weighted by Crippen LogP contribution is 2.34. The van der Waals surface area contributed by atoms with E-state index in [0.717, 1.165) is 22.6 Å². The van der Waals surface area contributed by atoms with E-state index in [1.54, 1.807) is 12.1 Å². The Hall–Kier alpha value is -2.04. The standard InChI is InChI=1S/C16H15ClN2O2/c17-11-6-10-7-15(20)19-16(10)13(8-11)14(18)9-21-12-4-2-1-3-5-12/h1-6,8,14H,7,9,18H2,(H,19,20). The van der Waals surface area contributed by atoms with Gasteiger partial charge in [0.1, 0.15) is 12.4 Å². The van der Waals surface area contributed by atoms with Crippen molar-refractivity contribution in [2.24, 2.45) is 5.73 Å². The van der Waals surface area contributed by atoms with Gasteiger partial charge >= 0.3 is 0 Å². The molecule has 2 aromatic rings. The molecule has 0 aromatic heterocycles. The van der Waals surface area contributed by atoms with Crippen LogP contribution in [0.25, 0.3) is 0 Å². The number of amides is 1. The Labute approximate surface area is 127 Å². The zero-order valence-corrected chi connectivity index (χ0v) is 12.1. The normalized spacial score (nSPS) is 14.5. The lowest BCUT2D eigenvalue weighted by atomic mass is 10.0. The first-order chi connectivity index (χ1) is 10.1. The zero-order chi connectivity index (χ0) is 14.8. The molecule has 1 aliphatic rings. The molecule has 0 fully saturated rings. The number of rotatable bonds is 4. The minimum absolute atomic E-state index is 0.0373. The average molecular weight is 303 g/mol. The molecule has 4 nitrogen and oxygen atoms in total. The van der Waals surface area contributed by atoms with Crippen LogP contribution in [0.4, 0.5) is 5.69 Å². The fourth-order valence-corrected chi connectivity index (χ4v) is 2.67. The third-order valence-electron chi connectivity index (χ3n) is 3.40. The summed E-state index contributed by atoms with van der Waals surface area (Å²) in [4.78, 5) is 11.5. The van der Waals surface area contributed by atoms with Crippen LogP contribution in [-0.4, -0.2) is 12.5 Å². The van der Waals surface area contributed by atoms with Gasteiger partial charge in [-0.15, -0.1) is 0 Å². The van der Waals surface area contributed by atoms with E-state index in [1.807, 2.05) is 30.3 Å². The lowest BCUT2D eigenvalue weighted by molar-refractivity contribution is -0.115. The maximum absolute atomic E-state index is 11.5. The molecule has 108 valence electrons. The number of nitrogens with two attached hydrogens (primary N) is 1. The van der Waals surface area contributed by atoms with Gasteiger partial charge < -0.3 is 15.8 Å². The number of ether oxygens (including phenoxy) is 1. The van der Waals surface area contributed by atoms with Crippen LogP contribution in [0.5, 0.6) is 5.75 Å². The van der Waals surface area contributed by atoms with Crippen molar-refractivity contribution in [3.63, 3.8) is 0 Å². The first-order valence-corrected chi connectivity index (χ1v) is 7.07. The summed E-state index contributed by atoms with van der Waals surface area (Å²) in [6, 6.07) is 12.7. The van der Waals surface area contributed by atoms with E-state index in [4.69, 9.17) is 22.1 Å². The number of carbonyl (C=O) groups excluding carboxylic acids is 1. The fourth-order valence-electron chi connectivity index (χ4n) is 2.42. The lowest BCUT2D eigenvalue weighted by Crippen LogP contribution is -2.20. The highest BCUT2D eigenvalue weighted by atomic mass is 35.5. The summed E-state index contributed by atoms with van der Waals surface area (Å²) in [5.41, 5.74) is 8.66. The number of para-hydroxylation sites is 1. The van der Waals surface area contributed by atoms with Crippen LogP contribution < -0.4 is 15.8 Å². The second-order valence-electron chi connectivity index (χ2n) is 4.98. The molecule has 3 rings (SSSR count). The molecule has 1 amide bonds. The third kappa shape index (κ3) is 3.01. The molecule has 3 N–H and O–H groups in total. The molecule has 0 saturated carbocycles. The van der Waals surface area contributed by atoms with Gasteiger partial charge in [-0.25, -0.2) is 0 Å². The van der Waals surface area contributed by atoms with E-state index in [2.05, 4.69) is 5.32 Å². The van der Waals surface area contributed by atoms with Crippen molar-refractivity contribution in [3.8, 4) is 5.75 Å². The number of hydrogen-bond donors (Lipinski definition) is 2. The van der Waals surface area contributed by atoms with Crippen LogP contribution in [-0.2, 0) is 11.2 Å². The molecule has 1 heterocycles. The van der Waals surface area contributed by atoms with Gasteiger partial charge in [-0.3, -0.25) is 4.79 Å². The number of benzene rings is 2. The largest absolute Gasteiger partial charge is 0.492 e. The van der Waals surface area contributed by atoms with Crippen molar-refractivity contribution in [2.75, 3.05) is 11.9 Å². The SMILES string of the molecule is NC(COc1ccccc1)c1cc(Cl)cc2c1NC(=O)C2. The van der Waals surface area contributed by atoms with Gasteiger partial charge in [0.05, 0.1) is 12.5 Å². The van der Waals surface area contributed by atoms with Crippen LogP contribution in [0.3, 0.4) is 0 Å². The van der Waals surface area contributed by atoms with Gasteiger partial charge in [0, 0.05) is 10.7 Å². The number of halogens is 1. The Morgan fingerprint density at radius 2 is 2.05 bits per heavy atom. The maximum atomic E-state index is 11.5. The van der Waals surface area contributed by atoms with E-state index < -0.39 is 0 Å². The van der Waals surface area contributed by atoms with Crippen LogP contribution >= 0.6 is 11.6 Å². The van der Waals surface area contributed by atoms with Crippen molar-refractivity contribution in [2.45, 2.75) is 12.5 Å². The third-order valence-corrected chi connectivity index (χ3v) is 3.62. The minimum Gasteiger partial charge on any atom is -0.492 e. The second kappa shape index (κ2) is 5.76. The quantitative estimate of drug-likeness (QED) is 0.912. The summed E-state index contributed by atoms with van der Waals surface area (Å²) in [7, 11) is 0. The molecule has 0 radical (unpaired) electrons. The first-order valence-electron chi connectivity index (χ1n) is 6.69. The first kappa shape index (κ1) is 13.9. The molecule has 5 heteroatoms. The van der Waals surface area contributed by atoms with Crippen molar-refractivity contribution in [1.29, 1.82) is 0 Å². The van der Waals surface area contributed by atoms with Crippen molar-refractivity contribution in [1.82, 2.24) is 0 Å². The topological polar surface area (TPSA) is 64.3 Å². The molecule has 0 spiro atoms. The van der Waals surface area contributed by atoms with Gasteiger partial charge in [-0.1, -0.05) is 29.8 Å². The number of nitrogens with one attached hydrogen (secondary N) is 1. The smallest absolute Gasteiger partial charge is 0.228 e. The summed E-state index contributed by atoms with van der Waals surface area (Å²) in [5.74, 6) is 0.723. The Morgan fingerprint density at radius 3 is 2.81 bits per heavy atom. The maximum Gasteiger partial charge on any atom is 0.228 e. The lowest BCUT2D eigenvalue weighted by Gasteiger charge is -2.17. The van der Waals surface area contributed by atoms with Gasteiger partial charge in [0.25, 0.3) is 0 Å². The summed E-state index contributed by atoms with van der Waals surface area (Å²) >= 11 is 6.10. The molecular formula is C16H15ClN2O2. The Morgan fingerprint density at radius 1 is 1.29 bits per heavy atom. The Kier molecular flexibility index (Phi) is 3.82. The second-order valence-corrected chi connectivity index (χ2v) is 5.42. The van der Waals surface area contributed by atoms with Gasteiger partial charge in [-0.2, -0.15) is 0 Å². The number of anilines is 1. The Bertz CT molecular complexity index is 673. The van der Waals surface area contributed by atoms with E-state index in [-0.39, 0.29) is 11.9 Å². The minimum atomic E-state index is -0.365. The monoisotopic (exact) mass is 302 g/mol. The number of fused-ring (bicyclic) bond motifs is 1. The number of carbonyl (C=O) groups is 1. The van der Waals surface area contributed by atoms with Gasteiger partial charge in [0.2, 0.25) is 5.91 Å². The summed E-state index contributed by atoms with van der Waals surface area (Å²) < 4.78 is 5.67. The fraction of sp³-hybridized carbons (Fsp3) is 0.188. The molecule has 1 aliphatic heterocycles. The predicted molar refractivity (Wildman–Crippen MR) is 82.7 cm³/mol. The summed E-state index contributed by atoms with van der Waals surface area (Å²) in [6.07, 6.45) is 0.342. The van der Waals surface area contributed by atoms with E-state index in [1.165, 1.54) is 0 Å². The zero-order valence-electron chi connectivity index (χ0n) is 11.3. The highest BCUT2D eigenvalue weighted by molar-refractivity contribution is 6.31. The molecular weight excluding hydrogens is 288 g/mol. The van der Waals surface area contributed by atoms with E-state index >= 15 is 0 Å². The molecule has 21 heavy (non-hydrogen) atoms. The summed E-state index contributed by atoms with van der Waals surface area (Å²) in [5, 5.41) is 3.42.